The molecule has 0 N–H and O–H groups in total. The highest BCUT2D eigenvalue weighted by molar-refractivity contribution is 5.96. The first-order valence-electron chi connectivity index (χ1n) is 11.0. The Bertz CT molecular complexity index is 809. The zero-order valence-corrected chi connectivity index (χ0v) is 19.1. The second-order valence-corrected chi connectivity index (χ2v) is 9.17. The smallest absolute Gasteiger partial charge is 0.254 e. The van der Waals surface area contributed by atoms with Crippen LogP contribution >= 0.6 is 0 Å². The van der Waals surface area contributed by atoms with E-state index < -0.39 is 0 Å². The summed E-state index contributed by atoms with van der Waals surface area (Å²) in [4.78, 5) is 30.0. The molecule has 3 rings (SSSR count). The van der Waals surface area contributed by atoms with Crippen LogP contribution in [-0.4, -0.2) is 46.8 Å². The third-order valence-electron chi connectivity index (χ3n) is 6.16. The molecule has 160 valence electrons. The van der Waals surface area contributed by atoms with Gasteiger partial charge >= 0.3 is 0 Å². The second-order valence-electron chi connectivity index (χ2n) is 9.17. The van der Waals surface area contributed by atoms with Gasteiger partial charge in [-0.1, -0.05) is 52.0 Å². The zero-order chi connectivity index (χ0) is 22.0. The lowest BCUT2D eigenvalue weighted by Gasteiger charge is -2.44. The number of benzene rings is 2. The summed E-state index contributed by atoms with van der Waals surface area (Å²) in [5, 5.41) is 0. The molecule has 2 atom stereocenters. The minimum Gasteiger partial charge on any atom is -0.332 e. The van der Waals surface area contributed by atoms with E-state index in [0.717, 1.165) is 0 Å². The fourth-order valence-corrected chi connectivity index (χ4v) is 4.05. The number of hydrogen-bond acceptors (Lipinski definition) is 2. The summed E-state index contributed by atoms with van der Waals surface area (Å²) in [6.07, 6.45) is 0. The molecule has 1 fully saturated rings. The third-order valence-corrected chi connectivity index (χ3v) is 6.16. The fourth-order valence-electron chi connectivity index (χ4n) is 4.05. The molecule has 30 heavy (non-hydrogen) atoms. The van der Waals surface area contributed by atoms with Gasteiger partial charge in [0.15, 0.2) is 0 Å². The number of nitrogens with zero attached hydrogens (tertiary/aromatic N) is 2. The Balaban J connectivity index is 1.71. The quantitative estimate of drug-likeness (QED) is 0.690. The second kappa shape index (κ2) is 9.03. The summed E-state index contributed by atoms with van der Waals surface area (Å²) in [6, 6.07) is 15.8. The normalized spacial score (nSPS) is 19.5. The molecule has 0 bridgehead atoms. The van der Waals surface area contributed by atoms with Crippen molar-refractivity contribution in [1.29, 1.82) is 0 Å². The minimum absolute atomic E-state index is 0.0302. The number of hydrogen-bond donors (Lipinski definition) is 0. The maximum Gasteiger partial charge on any atom is 0.254 e. The molecule has 0 aliphatic carbocycles. The lowest BCUT2D eigenvalue weighted by atomic mass is 9.99. The zero-order valence-electron chi connectivity index (χ0n) is 19.1. The van der Waals surface area contributed by atoms with Gasteiger partial charge in [-0.15, -0.1) is 0 Å². The van der Waals surface area contributed by atoms with E-state index in [1.165, 1.54) is 11.1 Å². The molecular formula is C26H34N2O2. The standard InChI is InChI=1S/C26H34N2O2/c1-17(2)21-7-11-23(12-8-21)25(29)27-15-20(6)28(16-19(27)5)26(30)24-13-9-22(10-14-24)18(3)4/h7-14,17-20H,15-16H2,1-6H3. The highest BCUT2D eigenvalue weighted by atomic mass is 16.2. The molecule has 0 radical (unpaired) electrons. The van der Waals surface area contributed by atoms with Crippen molar-refractivity contribution >= 4 is 11.8 Å². The molecule has 4 heteroatoms. The van der Waals surface area contributed by atoms with Gasteiger partial charge in [-0.2, -0.15) is 0 Å². The van der Waals surface area contributed by atoms with Crippen LogP contribution in [0.2, 0.25) is 0 Å². The Morgan fingerprint density at radius 1 is 0.667 bits per heavy atom. The first-order chi connectivity index (χ1) is 14.2. The number of piperazine rings is 1. The van der Waals surface area contributed by atoms with Gasteiger partial charge in [0.05, 0.1) is 0 Å². The van der Waals surface area contributed by atoms with Crippen LogP contribution in [0.25, 0.3) is 0 Å². The van der Waals surface area contributed by atoms with Crippen LogP contribution in [0, 0.1) is 0 Å². The van der Waals surface area contributed by atoms with Gasteiger partial charge in [0.2, 0.25) is 0 Å². The molecule has 1 aliphatic heterocycles. The molecule has 2 aromatic carbocycles. The Morgan fingerprint density at radius 3 is 1.23 bits per heavy atom. The van der Waals surface area contributed by atoms with Gasteiger partial charge in [-0.3, -0.25) is 9.59 Å². The van der Waals surface area contributed by atoms with Crippen LogP contribution in [-0.2, 0) is 0 Å². The topological polar surface area (TPSA) is 40.6 Å². The molecule has 0 saturated carbocycles. The third kappa shape index (κ3) is 4.58. The Hall–Kier alpha value is -2.62. The summed E-state index contributed by atoms with van der Waals surface area (Å²) in [6.45, 7) is 13.7. The van der Waals surface area contributed by atoms with Crippen molar-refractivity contribution < 1.29 is 9.59 Å². The van der Waals surface area contributed by atoms with Gasteiger partial charge in [-0.25, -0.2) is 0 Å². The maximum atomic E-state index is 13.1. The summed E-state index contributed by atoms with van der Waals surface area (Å²) >= 11 is 0. The van der Waals surface area contributed by atoms with Crippen molar-refractivity contribution in [2.24, 2.45) is 0 Å². The van der Waals surface area contributed by atoms with Crippen molar-refractivity contribution in [3.63, 3.8) is 0 Å². The summed E-state index contributed by atoms with van der Waals surface area (Å²) < 4.78 is 0. The first-order valence-corrected chi connectivity index (χ1v) is 11.0. The lowest BCUT2D eigenvalue weighted by Crippen LogP contribution is -2.59. The lowest BCUT2D eigenvalue weighted by molar-refractivity contribution is 0.0270. The number of amides is 2. The van der Waals surface area contributed by atoms with E-state index in [9.17, 15) is 9.59 Å². The summed E-state index contributed by atoms with van der Waals surface area (Å²) in [5.74, 6) is 0.964. The average Bonchev–Trinajstić information content (AvgIpc) is 2.74. The van der Waals surface area contributed by atoms with E-state index in [1.807, 2.05) is 72.2 Å². The molecular weight excluding hydrogens is 372 g/mol. The van der Waals surface area contributed by atoms with E-state index >= 15 is 0 Å². The van der Waals surface area contributed by atoms with Gasteiger partial charge < -0.3 is 9.80 Å². The predicted molar refractivity (Wildman–Crippen MR) is 122 cm³/mol. The first kappa shape index (κ1) is 22.1. The van der Waals surface area contributed by atoms with Gasteiger partial charge in [0.1, 0.15) is 0 Å². The molecule has 1 aliphatic rings. The Labute approximate surface area is 180 Å². The van der Waals surface area contributed by atoms with Crippen molar-refractivity contribution in [2.45, 2.75) is 65.5 Å². The summed E-state index contributed by atoms with van der Waals surface area (Å²) in [7, 11) is 0. The number of carbonyl (C=O) groups is 2. The Kier molecular flexibility index (Phi) is 6.64. The number of carbonyl (C=O) groups excluding carboxylic acids is 2. The van der Waals surface area contributed by atoms with Gasteiger partial charge in [-0.05, 0) is 61.1 Å². The molecule has 0 spiro atoms. The average molecular weight is 407 g/mol. The van der Waals surface area contributed by atoms with Crippen LogP contribution in [0.1, 0.15) is 85.2 Å². The number of rotatable bonds is 4. The molecule has 0 aromatic heterocycles. The van der Waals surface area contributed by atoms with Crippen molar-refractivity contribution in [3.05, 3.63) is 70.8 Å². The van der Waals surface area contributed by atoms with E-state index in [0.29, 0.717) is 36.1 Å². The molecule has 1 saturated heterocycles. The van der Waals surface area contributed by atoms with Crippen molar-refractivity contribution in [3.8, 4) is 0 Å². The monoisotopic (exact) mass is 406 g/mol. The van der Waals surface area contributed by atoms with Gasteiger partial charge in [0.25, 0.3) is 11.8 Å². The van der Waals surface area contributed by atoms with Crippen LogP contribution < -0.4 is 0 Å². The largest absolute Gasteiger partial charge is 0.332 e. The minimum atomic E-state index is -0.0302. The van der Waals surface area contributed by atoms with Crippen molar-refractivity contribution in [2.75, 3.05) is 13.1 Å². The molecule has 4 nitrogen and oxygen atoms in total. The Morgan fingerprint density at radius 2 is 0.967 bits per heavy atom. The van der Waals surface area contributed by atoms with E-state index in [4.69, 9.17) is 0 Å². The van der Waals surface area contributed by atoms with Gasteiger partial charge in [0, 0.05) is 36.3 Å². The predicted octanol–water partition coefficient (Wildman–Crippen LogP) is 5.31. The SMILES string of the molecule is CC(C)c1ccc(C(=O)N2CC(C)N(C(=O)c3ccc(C(C)C)cc3)CC2C)cc1. The fraction of sp³-hybridized carbons (Fsp3) is 0.462. The highest BCUT2D eigenvalue weighted by Crippen LogP contribution is 2.23. The highest BCUT2D eigenvalue weighted by Gasteiger charge is 2.35. The van der Waals surface area contributed by atoms with E-state index in [2.05, 4.69) is 27.7 Å². The van der Waals surface area contributed by atoms with E-state index in [1.54, 1.807) is 0 Å². The molecule has 2 amide bonds. The van der Waals surface area contributed by atoms with Crippen LogP contribution in [0.3, 0.4) is 0 Å². The molecule has 2 unspecified atom stereocenters. The van der Waals surface area contributed by atoms with Crippen LogP contribution in [0.4, 0.5) is 0 Å². The van der Waals surface area contributed by atoms with Crippen molar-refractivity contribution in [1.82, 2.24) is 9.80 Å². The van der Waals surface area contributed by atoms with Crippen LogP contribution in [0.5, 0.6) is 0 Å². The maximum absolute atomic E-state index is 13.1. The molecule has 2 aromatic rings. The van der Waals surface area contributed by atoms with Crippen LogP contribution in [0.15, 0.2) is 48.5 Å². The van der Waals surface area contributed by atoms with E-state index in [-0.39, 0.29) is 23.9 Å². The molecule has 1 heterocycles. The summed E-state index contributed by atoms with van der Waals surface area (Å²) in [5.41, 5.74) is 3.88.